The molecule has 0 atom stereocenters. The largest absolute Gasteiger partial charge is 0.383 e. The number of allylic oxidation sites excluding steroid dienone is 3. The Hall–Kier alpha value is -0.630. The van der Waals surface area contributed by atoms with E-state index in [1.54, 1.807) is 5.37 Å². The Labute approximate surface area is 75.4 Å². The fraction of sp³-hybridized carbons (Fsp3) is 0.444. The van der Waals surface area contributed by atoms with Gasteiger partial charge in [-0.15, -0.1) is 0 Å². The molecule has 1 nitrogen and oxygen atoms in total. The molecule has 0 aromatic heterocycles. The smallest absolute Gasteiger partial charge is 0.00556 e. The summed E-state index contributed by atoms with van der Waals surface area (Å²) in [6.07, 6.45) is 7.60. The Morgan fingerprint density at radius 3 is 1.91 bits per heavy atom. The van der Waals surface area contributed by atoms with Crippen molar-refractivity contribution in [3.05, 3.63) is 24.4 Å². The van der Waals surface area contributed by atoms with Crippen molar-refractivity contribution in [1.29, 1.82) is 0 Å². The second kappa shape index (κ2) is 12.1. The van der Waals surface area contributed by atoms with Crippen molar-refractivity contribution in [3.63, 3.8) is 0 Å². The first kappa shape index (κ1) is 13.0. The van der Waals surface area contributed by atoms with E-state index in [9.17, 15) is 0 Å². The van der Waals surface area contributed by atoms with Gasteiger partial charge in [-0.05, 0) is 12.3 Å². The molecule has 11 heavy (non-hydrogen) atoms. The third kappa shape index (κ3) is 17.6. The molecule has 0 fully saturated rings. The topological polar surface area (TPSA) is 3.24 Å². The Morgan fingerprint density at radius 1 is 1.00 bits per heavy atom. The van der Waals surface area contributed by atoms with E-state index in [-0.39, 0.29) is 0 Å². The molecule has 0 saturated heterocycles. The van der Waals surface area contributed by atoms with Gasteiger partial charge in [0.15, 0.2) is 0 Å². The molecule has 2 heteroatoms. The van der Waals surface area contributed by atoms with Crippen molar-refractivity contribution in [2.45, 2.75) is 13.8 Å². The fourth-order valence-electron chi connectivity index (χ4n) is 0.331. The van der Waals surface area contributed by atoms with Crippen LogP contribution in [0.15, 0.2) is 24.4 Å². The zero-order chi connectivity index (χ0) is 9.11. The molecule has 0 N–H and O–H groups in total. The summed E-state index contributed by atoms with van der Waals surface area (Å²) in [5.41, 5.74) is 0. The number of hydrogen-bond donors (Lipinski definition) is 0. The summed E-state index contributed by atoms with van der Waals surface area (Å²) in [4.78, 5) is 1.97. The molecule has 0 amide bonds. The van der Waals surface area contributed by atoms with Gasteiger partial charge in [0.25, 0.3) is 0 Å². The Kier molecular flexibility index (Phi) is 14.3. The van der Waals surface area contributed by atoms with Crippen LogP contribution in [0.4, 0.5) is 0 Å². The molecular weight excluding hydrogens is 154 g/mol. The van der Waals surface area contributed by atoms with Crippen molar-refractivity contribution >= 4 is 17.6 Å². The van der Waals surface area contributed by atoms with Crippen molar-refractivity contribution in [2.24, 2.45) is 0 Å². The molecular formula is C9H17NS. The van der Waals surface area contributed by atoms with Crippen LogP contribution in [0.1, 0.15) is 13.8 Å². The summed E-state index contributed by atoms with van der Waals surface area (Å²) in [5, 5.41) is 1.58. The molecule has 64 valence electrons. The number of thiocarbonyl (C=S) groups is 1. The summed E-state index contributed by atoms with van der Waals surface area (Å²) >= 11 is 4.57. The Bertz CT molecular complexity index is 126. The average Bonchev–Trinajstić information content (AvgIpc) is 2.02. The minimum absolute atomic E-state index is 1.58. The molecule has 0 spiro atoms. The first-order valence-electron chi connectivity index (χ1n) is 3.72. The number of hydrogen-bond acceptors (Lipinski definition) is 2. The lowest BCUT2D eigenvalue weighted by molar-refractivity contribution is 0.564. The predicted octanol–water partition coefficient (Wildman–Crippen LogP) is 2.64. The lowest BCUT2D eigenvalue weighted by atomic mass is 10.5. The number of nitrogens with zero attached hydrogens (tertiary/aromatic N) is 1. The summed E-state index contributed by atoms with van der Waals surface area (Å²) in [5.74, 6) is 0. The molecule has 0 bridgehead atoms. The number of rotatable bonds is 3. The summed E-state index contributed by atoms with van der Waals surface area (Å²) in [6, 6.07) is 0. The van der Waals surface area contributed by atoms with E-state index < -0.39 is 0 Å². The van der Waals surface area contributed by atoms with E-state index in [4.69, 9.17) is 0 Å². The predicted molar refractivity (Wildman–Crippen MR) is 57.0 cm³/mol. The van der Waals surface area contributed by atoms with Gasteiger partial charge < -0.3 is 4.90 Å². The van der Waals surface area contributed by atoms with Crippen molar-refractivity contribution in [2.75, 3.05) is 14.1 Å². The molecule has 0 saturated carbocycles. The van der Waals surface area contributed by atoms with E-state index in [0.29, 0.717) is 0 Å². The van der Waals surface area contributed by atoms with Crippen LogP contribution < -0.4 is 0 Å². The van der Waals surface area contributed by atoms with Gasteiger partial charge in [-0.3, -0.25) is 0 Å². The van der Waals surface area contributed by atoms with Gasteiger partial charge in [0, 0.05) is 19.5 Å². The Morgan fingerprint density at radius 2 is 1.55 bits per heavy atom. The zero-order valence-electron chi connectivity index (χ0n) is 7.74. The molecule has 0 aliphatic heterocycles. The molecule has 0 unspecified atom stereocenters. The van der Waals surface area contributed by atoms with Gasteiger partial charge in [0.2, 0.25) is 0 Å². The average molecular weight is 171 g/mol. The summed E-state index contributed by atoms with van der Waals surface area (Å²) in [7, 11) is 3.95. The van der Waals surface area contributed by atoms with Crippen LogP contribution in [0, 0.1) is 0 Å². The van der Waals surface area contributed by atoms with Crippen LogP contribution in [-0.4, -0.2) is 24.4 Å². The van der Waals surface area contributed by atoms with Crippen LogP contribution in [0.3, 0.4) is 0 Å². The standard InChI is InChI=1S/C7H11NS.C2H6/c1-8(2)6-4-3-5-7-9;1-2/h3-7H,1-2H3;1-2H3/b5-3-,6-4-;. The van der Waals surface area contributed by atoms with Crippen molar-refractivity contribution < 1.29 is 0 Å². The normalized spacial score (nSPS) is 9.45. The van der Waals surface area contributed by atoms with Gasteiger partial charge in [-0.1, -0.05) is 38.2 Å². The monoisotopic (exact) mass is 171 g/mol. The lowest BCUT2D eigenvalue weighted by Crippen LogP contribution is -1.99. The lowest BCUT2D eigenvalue weighted by Gasteiger charge is -2.00. The van der Waals surface area contributed by atoms with Crippen molar-refractivity contribution in [1.82, 2.24) is 4.90 Å². The molecule has 0 aromatic carbocycles. The van der Waals surface area contributed by atoms with E-state index in [0.717, 1.165) is 0 Å². The highest BCUT2D eigenvalue weighted by atomic mass is 32.1. The Balaban J connectivity index is 0. The van der Waals surface area contributed by atoms with Crippen molar-refractivity contribution in [3.8, 4) is 0 Å². The van der Waals surface area contributed by atoms with Gasteiger partial charge in [-0.25, -0.2) is 0 Å². The van der Waals surface area contributed by atoms with Crippen LogP contribution in [0.2, 0.25) is 0 Å². The SMILES string of the molecule is CC.CN(C)/C=C\C=C/C=S. The van der Waals surface area contributed by atoms with Crippen LogP contribution in [-0.2, 0) is 0 Å². The van der Waals surface area contributed by atoms with Crippen LogP contribution in [0.5, 0.6) is 0 Å². The fourth-order valence-corrected chi connectivity index (χ4v) is 0.422. The van der Waals surface area contributed by atoms with E-state index in [2.05, 4.69) is 12.2 Å². The first-order valence-corrected chi connectivity index (χ1v) is 4.19. The van der Waals surface area contributed by atoms with Gasteiger partial charge in [0.05, 0.1) is 0 Å². The first-order chi connectivity index (χ1) is 5.27. The second-order valence-corrected chi connectivity index (χ2v) is 2.10. The molecule has 0 rings (SSSR count). The van der Waals surface area contributed by atoms with E-state index in [1.807, 2.05) is 57.3 Å². The molecule has 0 heterocycles. The summed E-state index contributed by atoms with van der Waals surface area (Å²) < 4.78 is 0. The maximum atomic E-state index is 4.57. The molecule has 0 aliphatic rings. The molecule has 0 radical (unpaired) electrons. The third-order valence-electron chi connectivity index (χ3n) is 0.685. The maximum Gasteiger partial charge on any atom is 0.00556 e. The maximum absolute atomic E-state index is 4.57. The molecule has 0 aromatic rings. The highest BCUT2D eigenvalue weighted by Crippen LogP contribution is 1.78. The molecule has 0 aliphatic carbocycles. The minimum atomic E-state index is 1.58. The highest BCUT2D eigenvalue weighted by molar-refractivity contribution is 7.79. The highest BCUT2D eigenvalue weighted by Gasteiger charge is 1.69. The van der Waals surface area contributed by atoms with Crippen LogP contribution >= 0.6 is 12.2 Å². The van der Waals surface area contributed by atoms with Gasteiger partial charge in [0.1, 0.15) is 0 Å². The quantitative estimate of drug-likeness (QED) is 0.365. The van der Waals surface area contributed by atoms with E-state index >= 15 is 0 Å². The third-order valence-corrected chi connectivity index (χ3v) is 0.842. The van der Waals surface area contributed by atoms with Gasteiger partial charge >= 0.3 is 0 Å². The van der Waals surface area contributed by atoms with E-state index in [1.165, 1.54) is 0 Å². The minimum Gasteiger partial charge on any atom is -0.383 e. The van der Waals surface area contributed by atoms with Crippen LogP contribution in [0.25, 0.3) is 0 Å². The van der Waals surface area contributed by atoms with Gasteiger partial charge in [-0.2, -0.15) is 0 Å². The zero-order valence-corrected chi connectivity index (χ0v) is 8.56. The second-order valence-electron chi connectivity index (χ2n) is 1.83. The summed E-state index contributed by atoms with van der Waals surface area (Å²) in [6.45, 7) is 4.00.